The lowest BCUT2D eigenvalue weighted by atomic mass is 10.0. The van der Waals surface area contributed by atoms with E-state index in [1.54, 1.807) is 6.33 Å². The van der Waals surface area contributed by atoms with Crippen LogP contribution in [0.3, 0.4) is 0 Å². The van der Waals surface area contributed by atoms with Crippen LogP contribution >= 0.6 is 0 Å². The molecule has 0 bridgehead atoms. The van der Waals surface area contributed by atoms with Crippen molar-refractivity contribution in [3.05, 3.63) is 60.4 Å². The molecule has 1 heterocycles. The normalized spacial score (nSPS) is 12.7. The van der Waals surface area contributed by atoms with Crippen molar-refractivity contribution >= 4 is 11.0 Å². The highest BCUT2D eigenvalue weighted by molar-refractivity contribution is 5.74. The highest BCUT2D eigenvalue weighted by atomic mass is 16.5. The van der Waals surface area contributed by atoms with E-state index in [4.69, 9.17) is 4.74 Å². The number of para-hydroxylation sites is 3. The first-order chi connectivity index (χ1) is 11.1. The smallest absolute Gasteiger partial charge is 0.122 e. The van der Waals surface area contributed by atoms with Crippen LogP contribution in [0.25, 0.3) is 11.0 Å². The van der Waals surface area contributed by atoms with Crippen LogP contribution in [-0.4, -0.2) is 27.4 Å². The average molecular weight is 310 g/mol. The van der Waals surface area contributed by atoms with Gasteiger partial charge in [-0.25, -0.2) is 4.98 Å². The zero-order valence-corrected chi connectivity index (χ0v) is 13.5. The third-order valence-electron chi connectivity index (χ3n) is 3.91. The van der Waals surface area contributed by atoms with Crippen molar-refractivity contribution in [3.8, 4) is 5.75 Å². The van der Waals surface area contributed by atoms with Gasteiger partial charge < -0.3 is 14.4 Å². The fourth-order valence-electron chi connectivity index (χ4n) is 2.71. The van der Waals surface area contributed by atoms with Gasteiger partial charge in [0.05, 0.1) is 23.9 Å². The molecule has 0 spiro atoms. The molecule has 1 N–H and O–H groups in total. The molecule has 1 unspecified atom stereocenters. The van der Waals surface area contributed by atoms with Gasteiger partial charge in [-0.15, -0.1) is 0 Å². The maximum Gasteiger partial charge on any atom is 0.122 e. The fraction of sp³-hybridized carbons (Fsp3) is 0.316. The van der Waals surface area contributed by atoms with Crippen LogP contribution in [0.4, 0.5) is 0 Å². The van der Waals surface area contributed by atoms with Gasteiger partial charge in [-0.3, -0.25) is 0 Å². The molecular formula is C19H22N2O2. The fourth-order valence-corrected chi connectivity index (χ4v) is 2.71. The maximum absolute atomic E-state index is 10.3. The molecule has 1 aromatic heterocycles. The quantitative estimate of drug-likeness (QED) is 0.757. The van der Waals surface area contributed by atoms with Crippen molar-refractivity contribution in [2.24, 2.45) is 0 Å². The molecule has 0 fully saturated rings. The molecule has 0 aliphatic carbocycles. The van der Waals surface area contributed by atoms with E-state index in [1.807, 2.05) is 47.0 Å². The van der Waals surface area contributed by atoms with E-state index in [-0.39, 0.29) is 6.61 Å². The molecule has 2 aromatic carbocycles. The van der Waals surface area contributed by atoms with Crippen LogP contribution in [0.1, 0.15) is 25.3 Å². The Balaban J connectivity index is 1.65. The number of ether oxygens (including phenoxy) is 1. The number of rotatable bonds is 6. The first kappa shape index (κ1) is 15.6. The summed E-state index contributed by atoms with van der Waals surface area (Å²) in [5, 5.41) is 10.3. The molecule has 0 aliphatic rings. The van der Waals surface area contributed by atoms with Crippen LogP contribution in [0.15, 0.2) is 54.9 Å². The van der Waals surface area contributed by atoms with Crippen molar-refractivity contribution in [2.75, 3.05) is 6.61 Å². The SMILES string of the molecule is CC(C)c1ccccc1OCC(O)Cn1cnc2ccccc21. The first-order valence-electron chi connectivity index (χ1n) is 7.95. The molecule has 0 radical (unpaired) electrons. The van der Waals surface area contributed by atoms with Gasteiger partial charge in [0, 0.05) is 0 Å². The maximum atomic E-state index is 10.3. The first-order valence-corrected chi connectivity index (χ1v) is 7.95. The lowest BCUT2D eigenvalue weighted by molar-refractivity contribution is 0.0928. The summed E-state index contributed by atoms with van der Waals surface area (Å²) in [6.07, 6.45) is 1.17. The summed E-state index contributed by atoms with van der Waals surface area (Å²) in [6, 6.07) is 15.9. The molecule has 3 aromatic rings. The van der Waals surface area contributed by atoms with Gasteiger partial charge in [-0.2, -0.15) is 0 Å². The van der Waals surface area contributed by atoms with E-state index in [9.17, 15) is 5.11 Å². The van der Waals surface area contributed by atoms with Gasteiger partial charge in [0.2, 0.25) is 0 Å². The number of imidazole rings is 1. The largest absolute Gasteiger partial charge is 0.491 e. The van der Waals surface area contributed by atoms with E-state index in [0.29, 0.717) is 12.5 Å². The van der Waals surface area contributed by atoms with Crippen LogP contribution in [0.5, 0.6) is 5.75 Å². The van der Waals surface area contributed by atoms with Crippen LogP contribution in [-0.2, 0) is 6.54 Å². The predicted octanol–water partition coefficient (Wildman–Crippen LogP) is 3.60. The summed E-state index contributed by atoms with van der Waals surface area (Å²) in [7, 11) is 0. The monoisotopic (exact) mass is 310 g/mol. The lowest BCUT2D eigenvalue weighted by Crippen LogP contribution is -2.23. The number of aliphatic hydroxyl groups excluding tert-OH is 1. The van der Waals surface area contributed by atoms with Gasteiger partial charge >= 0.3 is 0 Å². The Labute approximate surface area is 136 Å². The Morgan fingerprint density at radius 1 is 1.09 bits per heavy atom. The molecule has 23 heavy (non-hydrogen) atoms. The minimum atomic E-state index is -0.590. The number of nitrogens with zero attached hydrogens (tertiary/aromatic N) is 2. The summed E-state index contributed by atoms with van der Waals surface area (Å²) >= 11 is 0. The molecule has 0 saturated carbocycles. The standard InChI is InChI=1S/C19H22N2O2/c1-14(2)16-7-3-6-10-19(16)23-12-15(22)11-21-13-20-17-8-4-5-9-18(17)21/h3-10,13-15,22H,11-12H2,1-2H3. The Bertz CT molecular complexity index is 780. The Hall–Kier alpha value is -2.33. The van der Waals surface area contributed by atoms with Crippen molar-refractivity contribution in [2.45, 2.75) is 32.4 Å². The Morgan fingerprint density at radius 3 is 2.65 bits per heavy atom. The average Bonchev–Trinajstić information content (AvgIpc) is 2.96. The minimum absolute atomic E-state index is 0.260. The van der Waals surface area contributed by atoms with Gasteiger partial charge in [0.1, 0.15) is 18.5 Å². The van der Waals surface area contributed by atoms with E-state index in [0.717, 1.165) is 22.3 Å². The van der Waals surface area contributed by atoms with Gasteiger partial charge in [0.15, 0.2) is 0 Å². The number of hydrogen-bond donors (Lipinski definition) is 1. The van der Waals surface area contributed by atoms with E-state index in [1.165, 1.54) is 0 Å². The van der Waals surface area contributed by atoms with E-state index >= 15 is 0 Å². The summed E-state index contributed by atoms with van der Waals surface area (Å²) < 4.78 is 7.79. The summed E-state index contributed by atoms with van der Waals surface area (Å²) in [5.41, 5.74) is 3.12. The molecule has 4 heteroatoms. The van der Waals surface area contributed by atoms with Crippen molar-refractivity contribution in [1.29, 1.82) is 0 Å². The Morgan fingerprint density at radius 2 is 1.83 bits per heavy atom. The van der Waals surface area contributed by atoms with E-state index in [2.05, 4.69) is 24.9 Å². The second kappa shape index (κ2) is 6.84. The number of fused-ring (bicyclic) bond motifs is 1. The molecule has 4 nitrogen and oxygen atoms in total. The molecule has 3 rings (SSSR count). The lowest BCUT2D eigenvalue weighted by Gasteiger charge is -2.17. The number of benzene rings is 2. The van der Waals surface area contributed by atoms with Crippen LogP contribution in [0, 0.1) is 0 Å². The minimum Gasteiger partial charge on any atom is -0.491 e. The number of aliphatic hydroxyl groups is 1. The molecule has 120 valence electrons. The van der Waals surface area contributed by atoms with Gasteiger partial charge in [0.25, 0.3) is 0 Å². The molecule has 0 amide bonds. The zero-order chi connectivity index (χ0) is 16.2. The third-order valence-corrected chi connectivity index (χ3v) is 3.91. The summed E-state index contributed by atoms with van der Waals surface area (Å²) in [6.45, 7) is 4.99. The van der Waals surface area contributed by atoms with E-state index < -0.39 is 6.10 Å². The molecule has 0 saturated heterocycles. The summed E-state index contributed by atoms with van der Waals surface area (Å²) in [4.78, 5) is 4.34. The summed E-state index contributed by atoms with van der Waals surface area (Å²) in [5.74, 6) is 1.23. The van der Waals surface area contributed by atoms with Gasteiger partial charge in [-0.1, -0.05) is 44.2 Å². The van der Waals surface area contributed by atoms with Crippen molar-refractivity contribution < 1.29 is 9.84 Å². The second-order valence-corrected chi connectivity index (χ2v) is 6.04. The zero-order valence-electron chi connectivity index (χ0n) is 13.5. The van der Waals surface area contributed by atoms with Crippen LogP contribution in [0.2, 0.25) is 0 Å². The molecule has 1 atom stereocenters. The van der Waals surface area contributed by atoms with Crippen molar-refractivity contribution in [3.63, 3.8) is 0 Å². The third kappa shape index (κ3) is 3.54. The van der Waals surface area contributed by atoms with Crippen molar-refractivity contribution in [1.82, 2.24) is 9.55 Å². The molecule has 0 aliphatic heterocycles. The highest BCUT2D eigenvalue weighted by Gasteiger charge is 2.12. The topological polar surface area (TPSA) is 47.3 Å². The van der Waals surface area contributed by atoms with Crippen LogP contribution < -0.4 is 4.74 Å². The second-order valence-electron chi connectivity index (χ2n) is 6.04. The predicted molar refractivity (Wildman–Crippen MR) is 91.8 cm³/mol. The number of aromatic nitrogens is 2. The van der Waals surface area contributed by atoms with Gasteiger partial charge in [-0.05, 0) is 29.7 Å². The molecular weight excluding hydrogens is 288 g/mol. The highest BCUT2D eigenvalue weighted by Crippen LogP contribution is 2.26. The number of hydrogen-bond acceptors (Lipinski definition) is 3. The Kier molecular flexibility index (Phi) is 4.63.